The molecule has 0 radical (unpaired) electrons. The van der Waals surface area contributed by atoms with Gasteiger partial charge < -0.3 is 10.5 Å². The Balaban J connectivity index is 1.87. The zero-order chi connectivity index (χ0) is 20.6. The third kappa shape index (κ3) is 3.80. The Morgan fingerprint density at radius 2 is 1.82 bits per heavy atom. The number of hydrogen-bond donors (Lipinski definition) is 1. The van der Waals surface area contributed by atoms with E-state index in [1.54, 1.807) is 0 Å². The molecule has 28 heavy (non-hydrogen) atoms. The van der Waals surface area contributed by atoms with E-state index in [2.05, 4.69) is 10.3 Å². The Morgan fingerprint density at radius 3 is 2.39 bits per heavy atom. The van der Waals surface area contributed by atoms with E-state index < -0.39 is 47.2 Å². The molecule has 5 nitrogen and oxygen atoms in total. The monoisotopic (exact) mass is 399 g/mol. The first-order valence-corrected chi connectivity index (χ1v) is 8.17. The molecule has 1 aliphatic heterocycles. The van der Waals surface area contributed by atoms with Crippen molar-refractivity contribution in [2.24, 2.45) is 0 Å². The van der Waals surface area contributed by atoms with Gasteiger partial charge in [-0.15, -0.1) is 0 Å². The SMILES string of the molecule is CC1=[N+]([O-])C(C(=O)Nc2ccc(F)nc2F)C(c2ccc(C(F)(F)F)cc2)C1. The second kappa shape index (κ2) is 7.17. The van der Waals surface area contributed by atoms with Crippen molar-refractivity contribution < 1.29 is 31.5 Å². The molecular formula is C18H14F5N3O2. The van der Waals surface area contributed by atoms with Crippen LogP contribution in [0.3, 0.4) is 0 Å². The lowest BCUT2D eigenvalue weighted by Gasteiger charge is -2.19. The molecule has 0 saturated carbocycles. The van der Waals surface area contributed by atoms with E-state index in [1.807, 2.05) is 0 Å². The Morgan fingerprint density at radius 1 is 1.18 bits per heavy atom. The molecule has 2 aromatic rings. The number of pyridine rings is 1. The quantitative estimate of drug-likeness (QED) is 0.369. The first kappa shape index (κ1) is 19.7. The number of hydrogen-bond acceptors (Lipinski definition) is 3. The summed E-state index contributed by atoms with van der Waals surface area (Å²) in [7, 11) is 0. The minimum Gasteiger partial charge on any atom is -0.623 e. The highest BCUT2D eigenvalue weighted by Gasteiger charge is 2.44. The third-order valence-corrected chi connectivity index (χ3v) is 4.53. The van der Waals surface area contributed by atoms with Gasteiger partial charge in [0.15, 0.2) is 5.71 Å². The van der Waals surface area contributed by atoms with Crippen molar-refractivity contribution in [3.8, 4) is 0 Å². The summed E-state index contributed by atoms with van der Waals surface area (Å²) in [6.07, 6.45) is -4.36. The van der Waals surface area contributed by atoms with Crippen molar-refractivity contribution in [3.63, 3.8) is 0 Å². The average Bonchev–Trinajstić information content (AvgIpc) is 2.92. The molecular weight excluding hydrogens is 385 g/mol. The largest absolute Gasteiger partial charge is 0.623 e. The van der Waals surface area contributed by atoms with Gasteiger partial charge in [-0.2, -0.15) is 26.9 Å². The fourth-order valence-corrected chi connectivity index (χ4v) is 3.14. The molecule has 1 aliphatic rings. The lowest BCUT2D eigenvalue weighted by atomic mass is 9.89. The second-order valence-electron chi connectivity index (χ2n) is 6.40. The molecule has 1 amide bonds. The predicted octanol–water partition coefficient (Wildman–Crippen LogP) is 3.84. The van der Waals surface area contributed by atoms with E-state index in [9.17, 15) is 32.0 Å². The first-order chi connectivity index (χ1) is 13.1. The first-order valence-electron chi connectivity index (χ1n) is 8.17. The van der Waals surface area contributed by atoms with E-state index in [4.69, 9.17) is 0 Å². The number of carbonyl (C=O) groups excluding carboxylic acids is 1. The van der Waals surface area contributed by atoms with Crippen LogP contribution < -0.4 is 5.32 Å². The molecule has 2 unspecified atom stereocenters. The number of benzene rings is 1. The number of amides is 1. The number of carbonyl (C=O) groups is 1. The van der Waals surface area contributed by atoms with Gasteiger partial charge in [0, 0.05) is 13.3 Å². The molecule has 1 aromatic heterocycles. The molecule has 0 fully saturated rings. The summed E-state index contributed by atoms with van der Waals surface area (Å²) in [4.78, 5) is 15.5. The minimum atomic E-state index is -4.51. The van der Waals surface area contributed by atoms with E-state index in [1.165, 1.54) is 19.1 Å². The number of nitrogens with zero attached hydrogens (tertiary/aromatic N) is 2. The van der Waals surface area contributed by atoms with Crippen LogP contribution in [0, 0.1) is 17.1 Å². The highest BCUT2D eigenvalue weighted by molar-refractivity contribution is 5.97. The van der Waals surface area contributed by atoms with Crippen molar-refractivity contribution in [3.05, 3.63) is 64.6 Å². The highest BCUT2D eigenvalue weighted by Crippen LogP contribution is 2.35. The molecule has 0 bridgehead atoms. The Labute approximate surface area is 156 Å². The number of anilines is 1. The molecule has 10 heteroatoms. The highest BCUT2D eigenvalue weighted by atomic mass is 19.4. The van der Waals surface area contributed by atoms with Crippen LogP contribution in [0.25, 0.3) is 0 Å². The molecule has 148 valence electrons. The van der Waals surface area contributed by atoms with Crippen molar-refractivity contribution in [2.45, 2.75) is 31.5 Å². The summed E-state index contributed by atoms with van der Waals surface area (Å²) in [5.41, 5.74) is -0.587. The Kier molecular flexibility index (Phi) is 5.05. The van der Waals surface area contributed by atoms with E-state index in [-0.39, 0.29) is 6.42 Å². The predicted molar refractivity (Wildman–Crippen MR) is 89.7 cm³/mol. The summed E-state index contributed by atoms with van der Waals surface area (Å²) in [5, 5.41) is 14.5. The second-order valence-corrected chi connectivity index (χ2v) is 6.40. The summed E-state index contributed by atoms with van der Waals surface area (Å²) in [5.74, 6) is -3.93. The fourth-order valence-electron chi connectivity index (χ4n) is 3.14. The molecule has 1 aromatic carbocycles. The number of hydroxylamine groups is 1. The molecule has 2 heterocycles. The molecule has 0 saturated heterocycles. The normalized spacial score (nSPS) is 19.8. The summed E-state index contributed by atoms with van der Waals surface area (Å²) in [6, 6.07) is 4.64. The van der Waals surface area contributed by atoms with Crippen LogP contribution in [0.5, 0.6) is 0 Å². The third-order valence-electron chi connectivity index (χ3n) is 4.53. The van der Waals surface area contributed by atoms with Gasteiger partial charge >= 0.3 is 6.18 Å². The van der Waals surface area contributed by atoms with E-state index >= 15 is 0 Å². The maximum Gasteiger partial charge on any atom is 0.416 e. The maximum atomic E-state index is 13.7. The van der Waals surface area contributed by atoms with Gasteiger partial charge in [-0.25, -0.2) is 4.74 Å². The Bertz CT molecular complexity index is 941. The van der Waals surface area contributed by atoms with Gasteiger partial charge in [-0.1, -0.05) is 12.1 Å². The standard InChI is InChI=1S/C18H14F5N3O2/c1-9-8-12(10-2-4-11(5-3-10)18(21,22)23)15(26(9)28)17(27)24-13-6-7-14(19)25-16(13)20/h2-7,12,15H,8H2,1H3,(H,24,27). The van der Waals surface area contributed by atoms with Gasteiger partial charge in [-0.05, 0) is 29.8 Å². The van der Waals surface area contributed by atoms with Crippen molar-refractivity contribution in [1.82, 2.24) is 4.98 Å². The number of alkyl halides is 3. The number of aromatic nitrogens is 1. The van der Waals surface area contributed by atoms with Crippen molar-refractivity contribution >= 4 is 17.3 Å². The van der Waals surface area contributed by atoms with Crippen LogP contribution in [0.1, 0.15) is 30.4 Å². The van der Waals surface area contributed by atoms with Crippen LogP contribution in [0.15, 0.2) is 36.4 Å². The zero-order valence-corrected chi connectivity index (χ0v) is 14.4. The topological polar surface area (TPSA) is 68.1 Å². The number of rotatable bonds is 3. The van der Waals surface area contributed by atoms with Crippen LogP contribution >= 0.6 is 0 Å². The maximum absolute atomic E-state index is 13.7. The molecule has 3 rings (SSSR count). The number of halogens is 5. The number of nitrogens with one attached hydrogen (secondary N) is 1. The van der Waals surface area contributed by atoms with Crippen LogP contribution in [-0.4, -0.2) is 27.4 Å². The average molecular weight is 399 g/mol. The van der Waals surface area contributed by atoms with Gasteiger partial charge in [0.25, 0.3) is 5.91 Å². The molecule has 1 N–H and O–H groups in total. The lowest BCUT2D eigenvalue weighted by Crippen LogP contribution is -2.37. The van der Waals surface area contributed by atoms with Crippen LogP contribution in [0.4, 0.5) is 27.6 Å². The fraction of sp³-hybridized carbons (Fsp3) is 0.278. The van der Waals surface area contributed by atoms with E-state index in [0.717, 1.165) is 24.3 Å². The minimum absolute atomic E-state index is 0.150. The zero-order valence-electron chi connectivity index (χ0n) is 14.4. The van der Waals surface area contributed by atoms with Crippen molar-refractivity contribution in [1.29, 1.82) is 0 Å². The lowest BCUT2D eigenvalue weighted by molar-refractivity contribution is -0.479. The van der Waals surface area contributed by atoms with Gasteiger partial charge in [0.2, 0.25) is 17.9 Å². The van der Waals surface area contributed by atoms with Crippen LogP contribution in [-0.2, 0) is 11.0 Å². The smallest absolute Gasteiger partial charge is 0.416 e. The molecule has 0 spiro atoms. The molecule has 2 atom stereocenters. The summed E-state index contributed by atoms with van der Waals surface area (Å²) in [6.45, 7) is 1.50. The van der Waals surface area contributed by atoms with Crippen LogP contribution in [0.2, 0.25) is 0 Å². The summed E-state index contributed by atoms with van der Waals surface area (Å²) >= 11 is 0. The summed E-state index contributed by atoms with van der Waals surface area (Å²) < 4.78 is 65.2. The van der Waals surface area contributed by atoms with E-state index in [0.29, 0.717) is 16.0 Å². The van der Waals surface area contributed by atoms with Crippen molar-refractivity contribution in [2.75, 3.05) is 5.32 Å². The van der Waals surface area contributed by atoms with Gasteiger partial charge in [-0.3, -0.25) is 4.79 Å². The molecule has 0 aliphatic carbocycles. The van der Waals surface area contributed by atoms with Gasteiger partial charge in [0.1, 0.15) is 0 Å². The Hall–Kier alpha value is -3.04. The van der Waals surface area contributed by atoms with Gasteiger partial charge in [0.05, 0.1) is 17.2 Å².